The SMILES string of the molecule is COC1=C(OC)C(OC)CC(C(=O)c2coc(-c3ccccc3)n2)=C1. The van der Waals surface area contributed by atoms with Crippen molar-refractivity contribution < 1.29 is 23.4 Å². The van der Waals surface area contributed by atoms with Crippen molar-refractivity contribution in [3.05, 3.63) is 65.5 Å². The number of ketones is 1. The zero-order valence-corrected chi connectivity index (χ0v) is 14.3. The van der Waals surface area contributed by atoms with E-state index in [1.165, 1.54) is 13.4 Å². The first-order chi connectivity index (χ1) is 12.2. The van der Waals surface area contributed by atoms with Gasteiger partial charge in [0.15, 0.2) is 11.5 Å². The lowest BCUT2D eigenvalue weighted by Crippen LogP contribution is -2.24. The highest BCUT2D eigenvalue weighted by atomic mass is 16.5. The number of hydrogen-bond donors (Lipinski definition) is 0. The van der Waals surface area contributed by atoms with E-state index in [9.17, 15) is 4.79 Å². The van der Waals surface area contributed by atoms with E-state index in [0.29, 0.717) is 29.4 Å². The molecule has 1 aromatic heterocycles. The Balaban J connectivity index is 1.90. The van der Waals surface area contributed by atoms with E-state index in [0.717, 1.165) is 5.56 Å². The molecule has 130 valence electrons. The second-order valence-electron chi connectivity index (χ2n) is 5.47. The van der Waals surface area contributed by atoms with E-state index in [4.69, 9.17) is 18.6 Å². The van der Waals surface area contributed by atoms with Crippen LogP contribution in [0.2, 0.25) is 0 Å². The topological polar surface area (TPSA) is 70.8 Å². The van der Waals surface area contributed by atoms with Gasteiger partial charge in [-0.3, -0.25) is 4.79 Å². The first-order valence-electron chi connectivity index (χ1n) is 7.79. The maximum absolute atomic E-state index is 12.8. The number of carbonyl (C=O) groups excluding carboxylic acids is 1. The molecule has 1 unspecified atom stereocenters. The lowest BCUT2D eigenvalue weighted by molar-refractivity contribution is 0.0632. The number of carbonyl (C=O) groups is 1. The third kappa shape index (κ3) is 3.34. The lowest BCUT2D eigenvalue weighted by Gasteiger charge is -2.24. The van der Waals surface area contributed by atoms with E-state index < -0.39 is 0 Å². The number of allylic oxidation sites excluding steroid dienone is 1. The summed E-state index contributed by atoms with van der Waals surface area (Å²) >= 11 is 0. The molecule has 2 aromatic rings. The highest BCUT2D eigenvalue weighted by molar-refractivity contribution is 6.08. The van der Waals surface area contributed by atoms with E-state index in [2.05, 4.69) is 4.98 Å². The van der Waals surface area contributed by atoms with Gasteiger partial charge in [0, 0.05) is 24.7 Å². The molecule has 25 heavy (non-hydrogen) atoms. The van der Waals surface area contributed by atoms with Crippen LogP contribution in [0.1, 0.15) is 16.9 Å². The van der Waals surface area contributed by atoms with Crippen molar-refractivity contribution in [1.29, 1.82) is 0 Å². The smallest absolute Gasteiger partial charge is 0.226 e. The van der Waals surface area contributed by atoms with E-state index in [-0.39, 0.29) is 17.6 Å². The van der Waals surface area contributed by atoms with Crippen molar-refractivity contribution in [2.75, 3.05) is 21.3 Å². The minimum atomic E-state index is -0.385. The summed E-state index contributed by atoms with van der Waals surface area (Å²) in [6.45, 7) is 0. The van der Waals surface area contributed by atoms with E-state index in [1.807, 2.05) is 30.3 Å². The Kier molecular flexibility index (Phi) is 5.00. The fourth-order valence-corrected chi connectivity index (χ4v) is 2.74. The minimum absolute atomic E-state index is 0.224. The van der Waals surface area contributed by atoms with Gasteiger partial charge in [-0.1, -0.05) is 18.2 Å². The molecule has 1 aliphatic carbocycles. The number of hydrogen-bond acceptors (Lipinski definition) is 6. The van der Waals surface area contributed by atoms with Crippen LogP contribution in [-0.4, -0.2) is 38.2 Å². The number of methoxy groups -OCH3 is 3. The molecule has 6 heteroatoms. The zero-order chi connectivity index (χ0) is 17.8. The van der Waals surface area contributed by atoms with Crippen molar-refractivity contribution in [3.8, 4) is 11.5 Å². The van der Waals surface area contributed by atoms with Gasteiger partial charge in [0.1, 0.15) is 18.1 Å². The molecule has 1 heterocycles. The average Bonchev–Trinajstić information content (AvgIpc) is 3.17. The molecule has 0 saturated carbocycles. The van der Waals surface area contributed by atoms with Crippen LogP contribution in [0.15, 0.2) is 64.2 Å². The Morgan fingerprint density at radius 3 is 2.56 bits per heavy atom. The predicted octanol–water partition coefficient (Wildman–Crippen LogP) is 3.37. The molecular weight excluding hydrogens is 322 g/mol. The second-order valence-corrected chi connectivity index (χ2v) is 5.47. The monoisotopic (exact) mass is 341 g/mol. The van der Waals surface area contributed by atoms with Crippen molar-refractivity contribution in [2.45, 2.75) is 12.5 Å². The van der Waals surface area contributed by atoms with E-state index >= 15 is 0 Å². The zero-order valence-electron chi connectivity index (χ0n) is 14.3. The molecule has 1 aromatic carbocycles. The Labute approximate surface area is 145 Å². The summed E-state index contributed by atoms with van der Waals surface area (Å²) in [5.74, 6) is 1.21. The van der Waals surface area contributed by atoms with Crippen LogP contribution in [0, 0.1) is 0 Å². The first-order valence-corrected chi connectivity index (χ1v) is 7.79. The summed E-state index contributed by atoms with van der Waals surface area (Å²) in [7, 11) is 4.63. The molecule has 0 aliphatic heterocycles. The highest BCUT2D eigenvalue weighted by Crippen LogP contribution is 2.29. The maximum atomic E-state index is 12.8. The van der Waals surface area contributed by atoms with Crippen molar-refractivity contribution in [3.63, 3.8) is 0 Å². The Hall–Kier alpha value is -2.86. The molecule has 1 atom stereocenters. The van der Waals surface area contributed by atoms with E-state index in [1.54, 1.807) is 20.3 Å². The molecular formula is C19H19NO5. The van der Waals surface area contributed by atoms with Gasteiger partial charge in [0.2, 0.25) is 11.7 Å². The third-order valence-electron chi connectivity index (χ3n) is 4.02. The summed E-state index contributed by atoms with van der Waals surface area (Å²) < 4.78 is 21.5. The summed E-state index contributed by atoms with van der Waals surface area (Å²) in [5.41, 5.74) is 1.58. The number of rotatable bonds is 6. The van der Waals surface area contributed by atoms with Gasteiger partial charge < -0.3 is 18.6 Å². The van der Waals surface area contributed by atoms with Gasteiger partial charge in [-0.2, -0.15) is 0 Å². The fraction of sp³-hybridized carbons (Fsp3) is 0.263. The Bertz CT molecular complexity index is 819. The molecule has 0 N–H and O–H groups in total. The van der Waals surface area contributed by atoms with Crippen LogP contribution in [0.3, 0.4) is 0 Å². The summed E-state index contributed by atoms with van der Waals surface area (Å²) in [4.78, 5) is 17.1. The number of aromatic nitrogens is 1. The minimum Gasteiger partial charge on any atom is -0.494 e. The van der Waals surface area contributed by atoms with Gasteiger partial charge in [0.05, 0.1) is 14.2 Å². The summed E-state index contributed by atoms with van der Waals surface area (Å²) in [6.07, 6.45) is 3.02. The molecule has 3 rings (SSSR count). The van der Waals surface area contributed by atoms with Gasteiger partial charge >= 0.3 is 0 Å². The van der Waals surface area contributed by atoms with Crippen molar-refractivity contribution in [1.82, 2.24) is 4.98 Å². The van der Waals surface area contributed by atoms with Crippen LogP contribution in [-0.2, 0) is 14.2 Å². The number of Topliss-reactive ketones (excluding diaryl/α,β-unsaturated/α-hetero) is 1. The Morgan fingerprint density at radius 1 is 1.16 bits per heavy atom. The molecule has 0 spiro atoms. The molecule has 0 saturated heterocycles. The van der Waals surface area contributed by atoms with Gasteiger partial charge in [-0.25, -0.2) is 4.98 Å². The average molecular weight is 341 g/mol. The number of nitrogens with zero attached hydrogens (tertiary/aromatic N) is 1. The van der Waals surface area contributed by atoms with Crippen LogP contribution < -0.4 is 0 Å². The van der Waals surface area contributed by atoms with Crippen LogP contribution >= 0.6 is 0 Å². The standard InChI is InChI=1S/C19H19NO5/c1-22-15-9-13(10-16(23-2)18(15)24-3)17(21)14-11-25-19(20-14)12-7-5-4-6-8-12/h4-9,11,16H,10H2,1-3H3. The van der Waals surface area contributed by atoms with Gasteiger partial charge in [0.25, 0.3) is 0 Å². The largest absolute Gasteiger partial charge is 0.494 e. The fourth-order valence-electron chi connectivity index (χ4n) is 2.74. The Morgan fingerprint density at radius 2 is 1.92 bits per heavy atom. The molecule has 1 aliphatic rings. The van der Waals surface area contributed by atoms with Crippen LogP contribution in [0.4, 0.5) is 0 Å². The number of benzene rings is 1. The second kappa shape index (κ2) is 7.36. The number of ether oxygens (including phenoxy) is 3. The molecule has 0 fully saturated rings. The lowest BCUT2D eigenvalue weighted by atomic mass is 9.95. The normalized spacial score (nSPS) is 17.2. The molecule has 0 amide bonds. The third-order valence-corrected chi connectivity index (χ3v) is 4.02. The van der Waals surface area contributed by atoms with Gasteiger partial charge in [-0.15, -0.1) is 0 Å². The van der Waals surface area contributed by atoms with Gasteiger partial charge in [-0.05, 0) is 18.2 Å². The summed E-state index contributed by atoms with van der Waals surface area (Å²) in [6, 6.07) is 9.42. The predicted molar refractivity (Wildman–Crippen MR) is 90.8 cm³/mol. The first kappa shape index (κ1) is 17.0. The number of oxazole rings is 1. The quantitative estimate of drug-likeness (QED) is 0.750. The van der Waals surface area contributed by atoms with Crippen LogP contribution in [0.5, 0.6) is 0 Å². The maximum Gasteiger partial charge on any atom is 0.226 e. The van der Waals surface area contributed by atoms with Crippen molar-refractivity contribution in [2.24, 2.45) is 0 Å². The van der Waals surface area contributed by atoms with Crippen molar-refractivity contribution >= 4 is 5.78 Å². The molecule has 0 radical (unpaired) electrons. The highest BCUT2D eigenvalue weighted by Gasteiger charge is 2.30. The molecule has 0 bridgehead atoms. The van der Waals surface area contributed by atoms with Crippen LogP contribution in [0.25, 0.3) is 11.5 Å². The molecule has 6 nitrogen and oxygen atoms in total. The summed E-state index contributed by atoms with van der Waals surface area (Å²) in [5, 5.41) is 0.